The number of nitrogens with one attached hydrogen (secondary N) is 1. The summed E-state index contributed by atoms with van der Waals surface area (Å²) in [5.74, 6) is 0. The van der Waals surface area contributed by atoms with Gasteiger partial charge in [0, 0.05) is 23.0 Å². The molecule has 4 N–H and O–H groups in total. The standard InChI is InChI=1S/C10H11N3O/c11-9-3-1-2-7(8(9)6-14)10-4-5-12-13-10/h1-5,14H,6,11H2,(H,12,13). The Kier molecular flexibility index (Phi) is 2.20. The van der Waals surface area contributed by atoms with Gasteiger partial charge in [-0.3, -0.25) is 5.10 Å². The first-order valence-corrected chi connectivity index (χ1v) is 4.31. The van der Waals surface area contributed by atoms with Gasteiger partial charge in [0.05, 0.1) is 12.3 Å². The van der Waals surface area contributed by atoms with Gasteiger partial charge in [-0.25, -0.2) is 0 Å². The molecule has 2 aromatic rings. The molecule has 1 heterocycles. The molecule has 4 nitrogen and oxygen atoms in total. The van der Waals surface area contributed by atoms with Crippen LogP contribution in [0.5, 0.6) is 0 Å². The highest BCUT2D eigenvalue weighted by atomic mass is 16.3. The van der Waals surface area contributed by atoms with Crippen molar-refractivity contribution in [3.05, 3.63) is 36.0 Å². The van der Waals surface area contributed by atoms with Gasteiger partial charge in [-0.05, 0) is 12.1 Å². The Bertz CT molecular complexity index is 423. The minimum atomic E-state index is -0.0684. The van der Waals surface area contributed by atoms with Gasteiger partial charge >= 0.3 is 0 Å². The van der Waals surface area contributed by atoms with E-state index < -0.39 is 0 Å². The van der Waals surface area contributed by atoms with Crippen molar-refractivity contribution < 1.29 is 5.11 Å². The summed E-state index contributed by atoms with van der Waals surface area (Å²) in [5, 5.41) is 15.9. The number of nitrogens with two attached hydrogens (primary N) is 1. The summed E-state index contributed by atoms with van der Waals surface area (Å²) in [6.45, 7) is -0.0684. The molecule has 0 saturated carbocycles. The van der Waals surface area contributed by atoms with E-state index in [0.29, 0.717) is 5.69 Å². The Balaban J connectivity index is 2.58. The van der Waals surface area contributed by atoms with Gasteiger partial charge in [0.15, 0.2) is 0 Å². The SMILES string of the molecule is Nc1cccc(-c2ccn[nH]2)c1CO. The van der Waals surface area contributed by atoms with E-state index in [4.69, 9.17) is 5.73 Å². The molecule has 0 bridgehead atoms. The van der Waals surface area contributed by atoms with Gasteiger partial charge in [-0.15, -0.1) is 0 Å². The summed E-state index contributed by atoms with van der Waals surface area (Å²) >= 11 is 0. The number of nitrogens with zero attached hydrogens (tertiary/aromatic N) is 1. The number of rotatable bonds is 2. The van der Waals surface area contributed by atoms with Crippen molar-refractivity contribution >= 4 is 5.69 Å². The van der Waals surface area contributed by atoms with Crippen molar-refractivity contribution in [3.63, 3.8) is 0 Å². The zero-order valence-electron chi connectivity index (χ0n) is 7.57. The van der Waals surface area contributed by atoms with Crippen molar-refractivity contribution in [3.8, 4) is 11.3 Å². The minimum absolute atomic E-state index is 0.0684. The molecule has 0 aliphatic heterocycles. The number of hydrogen-bond acceptors (Lipinski definition) is 3. The van der Waals surface area contributed by atoms with Gasteiger partial charge < -0.3 is 10.8 Å². The van der Waals surface area contributed by atoms with Crippen LogP contribution in [0.2, 0.25) is 0 Å². The number of aromatic amines is 1. The van der Waals surface area contributed by atoms with Gasteiger partial charge in [0.1, 0.15) is 0 Å². The fraction of sp³-hybridized carbons (Fsp3) is 0.100. The average Bonchev–Trinajstić information content (AvgIpc) is 2.70. The van der Waals surface area contributed by atoms with Gasteiger partial charge in [-0.2, -0.15) is 5.10 Å². The second-order valence-corrected chi connectivity index (χ2v) is 3.00. The molecule has 72 valence electrons. The van der Waals surface area contributed by atoms with Crippen molar-refractivity contribution in [2.24, 2.45) is 0 Å². The lowest BCUT2D eigenvalue weighted by Gasteiger charge is -2.07. The highest BCUT2D eigenvalue weighted by Crippen LogP contribution is 2.25. The second-order valence-electron chi connectivity index (χ2n) is 3.00. The zero-order valence-corrected chi connectivity index (χ0v) is 7.57. The molecule has 2 rings (SSSR count). The molecule has 0 unspecified atom stereocenters. The smallest absolute Gasteiger partial charge is 0.0708 e. The van der Waals surface area contributed by atoms with Crippen LogP contribution < -0.4 is 5.73 Å². The molecule has 0 aliphatic rings. The summed E-state index contributed by atoms with van der Waals surface area (Å²) in [7, 11) is 0. The van der Waals surface area contributed by atoms with Crippen molar-refractivity contribution in [1.29, 1.82) is 0 Å². The monoisotopic (exact) mass is 189 g/mol. The number of H-pyrrole nitrogens is 1. The topological polar surface area (TPSA) is 74.9 Å². The third-order valence-electron chi connectivity index (χ3n) is 2.16. The normalized spacial score (nSPS) is 10.4. The highest BCUT2D eigenvalue weighted by Gasteiger charge is 2.07. The predicted molar refractivity (Wildman–Crippen MR) is 54.4 cm³/mol. The lowest BCUT2D eigenvalue weighted by Crippen LogP contribution is -1.97. The van der Waals surface area contributed by atoms with Crippen LogP contribution in [0.4, 0.5) is 5.69 Å². The summed E-state index contributed by atoms with van der Waals surface area (Å²) < 4.78 is 0. The first-order chi connectivity index (χ1) is 6.83. The molecule has 0 amide bonds. The number of aliphatic hydroxyl groups excluding tert-OH is 1. The van der Waals surface area contributed by atoms with Gasteiger partial charge in [-0.1, -0.05) is 12.1 Å². The average molecular weight is 189 g/mol. The van der Waals surface area contributed by atoms with Crippen LogP contribution in [-0.2, 0) is 6.61 Å². The largest absolute Gasteiger partial charge is 0.398 e. The fourth-order valence-corrected chi connectivity index (χ4v) is 1.44. The quantitative estimate of drug-likeness (QED) is 0.620. The molecule has 1 aromatic heterocycles. The van der Waals surface area contributed by atoms with E-state index in [1.807, 2.05) is 18.2 Å². The summed E-state index contributed by atoms with van der Waals surface area (Å²) in [6.07, 6.45) is 1.67. The maximum atomic E-state index is 9.18. The van der Waals surface area contributed by atoms with E-state index in [-0.39, 0.29) is 6.61 Å². The molecule has 0 spiro atoms. The molecule has 0 aliphatic carbocycles. The molecule has 1 aromatic carbocycles. The number of anilines is 1. The number of aliphatic hydroxyl groups is 1. The predicted octanol–water partition coefficient (Wildman–Crippen LogP) is 1.15. The van der Waals surface area contributed by atoms with Gasteiger partial charge in [0.25, 0.3) is 0 Å². The number of hydrogen-bond donors (Lipinski definition) is 3. The number of nitrogen functional groups attached to an aromatic ring is 1. The number of benzene rings is 1. The zero-order chi connectivity index (χ0) is 9.97. The molecule has 4 heteroatoms. The molecule has 0 saturated heterocycles. The Hall–Kier alpha value is -1.81. The van der Waals surface area contributed by atoms with Crippen molar-refractivity contribution in [1.82, 2.24) is 10.2 Å². The Morgan fingerprint density at radius 1 is 1.36 bits per heavy atom. The van der Waals surface area contributed by atoms with Crippen LogP contribution in [0.25, 0.3) is 11.3 Å². The summed E-state index contributed by atoms with van der Waals surface area (Å²) in [4.78, 5) is 0. The van der Waals surface area contributed by atoms with Crippen LogP contribution in [-0.4, -0.2) is 15.3 Å². The lowest BCUT2D eigenvalue weighted by atomic mass is 10.0. The van der Waals surface area contributed by atoms with Gasteiger partial charge in [0.2, 0.25) is 0 Å². The molecule has 14 heavy (non-hydrogen) atoms. The third kappa shape index (κ3) is 1.36. The minimum Gasteiger partial charge on any atom is -0.398 e. The third-order valence-corrected chi connectivity index (χ3v) is 2.16. The fourth-order valence-electron chi connectivity index (χ4n) is 1.44. The van der Waals surface area contributed by atoms with Crippen LogP contribution in [0, 0.1) is 0 Å². The lowest BCUT2D eigenvalue weighted by molar-refractivity contribution is 0.283. The first kappa shape index (κ1) is 8.77. The van der Waals surface area contributed by atoms with E-state index in [2.05, 4.69) is 10.2 Å². The molecular weight excluding hydrogens is 178 g/mol. The molecule has 0 radical (unpaired) electrons. The van der Waals surface area contributed by atoms with E-state index in [0.717, 1.165) is 16.8 Å². The maximum absolute atomic E-state index is 9.18. The van der Waals surface area contributed by atoms with Crippen molar-refractivity contribution in [2.45, 2.75) is 6.61 Å². The molecule has 0 fully saturated rings. The van der Waals surface area contributed by atoms with Crippen LogP contribution >= 0.6 is 0 Å². The second kappa shape index (κ2) is 3.51. The summed E-state index contributed by atoms with van der Waals surface area (Å²) in [5.41, 5.74) is 8.83. The van der Waals surface area contributed by atoms with Crippen LogP contribution in [0.1, 0.15) is 5.56 Å². The van der Waals surface area contributed by atoms with E-state index in [9.17, 15) is 5.11 Å². The van der Waals surface area contributed by atoms with Crippen LogP contribution in [0.15, 0.2) is 30.5 Å². The van der Waals surface area contributed by atoms with Crippen LogP contribution in [0.3, 0.4) is 0 Å². The van der Waals surface area contributed by atoms with E-state index in [1.165, 1.54) is 0 Å². The molecule has 0 atom stereocenters. The Labute approximate surface area is 81.4 Å². The highest BCUT2D eigenvalue weighted by molar-refractivity contribution is 5.70. The van der Waals surface area contributed by atoms with E-state index in [1.54, 1.807) is 12.3 Å². The maximum Gasteiger partial charge on any atom is 0.0708 e. The number of aromatic nitrogens is 2. The Morgan fingerprint density at radius 3 is 2.86 bits per heavy atom. The molecular formula is C10H11N3O. The summed E-state index contributed by atoms with van der Waals surface area (Å²) in [6, 6.07) is 7.36. The van der Waals surface area contributed by atoms with Crippen molar-refractivity contribution in [2.75, 3.05) is 5.73 Å². The Morgan fingerprint density at radius 2 is 2.21 bits per heavy atom. The first-order valence-electron chi connectivity index (χ1n) is 4.31. The van der Waals surface area contributed by atoms with E-state index >= 15 is 0 Å².